The molecule has 0 aromatic heterocycles. The molecular weight excluding hydrogens is 459 g/mol. The van der Waals surface area contributed by atoms with E-state index < -0.39 is 0 Å². The van der Waals surface area contributed by atoms with Crippen molar-refractivity contribution in [2.45, 2.75) is 0 Å². The van der Waals surface area contributed by atoms with E-state index in [0.29, 0.717) is 9.13 Å². The molecule has 2 rings (SSSR count). The molecule has 0 aliphatic heterocycles. The number of halogens is 3. The normalized spacial score (nSPS) is 10.2. The molecule has 2 aromatic rings. The second-order valence-electron chi connectivity index (χ2n) is 3.59. The molecule has 2 nitrogen and oxygen atoms in total. The van der Waals surface area contributed by atoms with Crippen LogP contribution in [-0.2, 0) is 0 Å². The molecule has 0 aliphatic carbocycles. The van der Waals surface area contributed by atoms with Gasteiger partial charge in [-0.15, -0.1) is 0 Å². The van der Waals surface area contributed by atoms with E-state index in [2.05, 4.69) is 27.9 Å². The van der Waals surface area contributed by atoms with E-state index in [-0.39, 0.29) is 11.7 Å². The van der Waals surface area contributed by atoms with Gasteiger partial charge in [0.15, 0.2) is 0 Å². The molecular formula is C13H8FI2NO. The van der Waals surface area contributed by atoms with Gasteiger partial charge in [-0.05, 0) is 87.6 Å². The summed E-state index contributed by atoms with van der Waals surface area (Å²) in [6, 6.07) is 11.6. The summed E-state index contributed by atoms with van der Waals surface area (Å²) in [5, 5.41) is 2.78. The van der Waals surface area contributed by atoms with Crippen LogP contribution in [0.4, 0.5) is 10.1 Å². The van der Waals surface area contributed by atoms with Crippen molar-refractivity contribution in [3.05, 3.63) is 61.0 Å². The van der Waals surface area contributed by atoms with Crippen molar-refractivity contribution in [1.82, 2.24) is 0 Å². The topological polar surface area (TPSA) is 29.1 Å². The molecule has 0 fully saturated rings. The van der Waals surface area contributed by atoms with Crippen molar-refractivity contribution >= 4 is 56.8 Å². The highest BCUT2D eigenvalue weighted by molar-refractivity contribution is 14.1. The van der Waals surface area contributed by atoms with Gasteiger partial charge in [-0.25, -0.2) is 4.39 Å². The Morgan fingerprint density at radius 2 is 1.72 bits per heavy atom. The molecule has 0 unspecified atom stereocenters. The Balaban J connectivity index is 2.19. The van der Waals surface area contributed by atoms with E-state index in [9.17, 15) is 9.18 Å². The Morgan fingerprint density at radius 3 is 2.33 bits per heavy atom. The van der Waals surface area contributed by atoms with Crippen LogP contribution in [0.2, 0.25) is 0 Å². The number of benzene rings is 2. The number of anilines is 1. The van der Waals surface area contributed by atoms with Gasteiger partial charge in [0.1, 0.15) is 5.82 Å². The number of nitrogens with one attached hydrogen (secondary N) is 1. The maximum Gasteiger partial charge on any atom is 0.256 e. The summed E-state index contributed by atoms with van der Waals surface area (Å²) in [7, 11) is 0. The molecule has 0 saturated carbocycles. The molecule has 0 spiro atoms. The molecule has 1 N–H and O–H groups in total. The molecule has 5 heteroatoms. The number of hydrogen-bond acceptors (Lipinski definition) is 1. The summed E-state index contributed by atoms with van der Waals surface area (Å²) in [5.41, 5.74) is 1.19. The highest BCUT2D eigenvalue weighted by Gasteiger charge is 2.10. The average Bonchev–Trinajstić information content (AvgIpc) is 2.32. The molecule has 0 bridgehead atoms. The van der Waals surface area contributed by atoms with Crippen molar-refractivity contribution in [3.8, 4) is 0 Å². The van der Waals surface area contributed by atoms with E-state index in [4.69, 9.17) is 0 Å². The van der Waals surface area contributed by atoms with Crippen LogP contribution in [0.3, 0.4) is 0 Å². The highest BCUT2D eigenvalue weighted by Crippen LogP contribution is 2.17. The third-order valence-electron chi connectivity index (χ3n) is 2.28. The molecule has 0 atom stereocenters. The fourth-order valence-electron chi connectivity index (χ4n) is 1.41. The number of hydrogen-bond donors (Lipinski definition) is 1. The maximum atomic E-state index is 12.9. The summed E-state index contributed by atoms with van der Waals surface area (Å²) in [4.78, 5) is 12.0. The lowest BCUT2D eigenvalue weighted by Gasteiger charge is -2.07. The first kappa shape index (κ1) is 13.7. The SMILES string of the molecule is O=C(Nc1ccc(I)cc1)c1ccc(F)cc1I. The fourth-order valence-corrected chi connectivity index (χ4v) is 2.49. The maximum absolute atomic E-state index is 12.9. The molecule has 0 radical (unpaired) electrons. The van der Waals surface area contributed by atoms with Crippen molar-refractivity contribution in [3.63, 3.8) is 0 Å². The molecule has 0 saturated heterocycles. The zero-order valence-electron chi connectivity index (χ0n) is 9.08. The van der Waals surface area contributed by atoms with Crippen molar-refractivity contribution in [2.75, 3.05) is 5.32 Å². The summed E-state index contributed by atoms with van der Waals surface area (Å²) in [6.45, 7) is 0. The Kier molecular flexibility index (Phi) is 4.55. The first-order valence-electron chi connectivity index (χ1n) is 5.08. The van der Waals surface area contributed by atoms with Crippen LogP contribution >= 0.6 is 45.2 Å². The van der Waals surface area contributed by atoms with Crippen LogP contribution < -0.4 is 5.32 Å². The van der Waals surface area contributed by atoms with Gasteiger partial charge < -0.3 is 5.32 Å². The van der Waals surface area contributed by atoms with E-state index >= 15 is 0 Å². The minimum Gasteiger partial charge on any atom is -0.322 e. The molecule has 0 heterocycles. The van der Waals surface area contributed by atoms with Gasteiger partial charge in [0, 0.05) is 12.8 Å². The van der Waals surface area contributed by atoms with E-state index in [1.54, 1.807) is 0 Å². The first-order valence-corrected chi connectivity index (χ1v) is 7.24. The molecule has 92 valence electrons. The van der Waals surface area contributed by atoms with Crippen LogP contribution in [0.1, 0.15) is 10.4 Å². The predicted octanol–water partition coefficient (Wildman–Crippen LogP) is 4.29. The molecule has 1 amide bonds. The fraction of sp³-hybridized carbons (Fsp3) is 0. The van der Waals surface area contributed by atoms with Gasteiger partial charge in [0.05, 0.1) is 5.56 Å². The van der Waals surface area contributed by atoms with E-state index in [1.807, 2.05) is 46.9 Å². The van der Waals surface area contributed by atoms with Crippen LogP contribution in [0, 0.1) is 13.0 Å². The lowest BCUT2D eigenvalue weighted by Crippen LogP contribution is -2.13. The lowest BCUT2D eigenvalue weighted by molar-refractivity contribution is 0.102. The second-order valence-corrected chi connectivity index (χ2v) is 5.99. The number of rotatable bonds is 2. The zero-order chi connectivity index (χ0) is 13.1. The lowest BCUT2D eigenvalue weighted by atomic mass is 10.2. The van der Waals surface area contributed by atoms with Crippen molar-refractivity contribution in [2.24, 2.45) is 0 Å². The van der Waals surface area contributed by atoms with E-state index in [1.165, 1.54) is 18.2 Å². The zero-order valence-corrected chi connectivity index (χ0v) is 13.4. The third kappa shape index (κ3) is 3.41. The Hall–Kier alpha value is -0.700. The molecule has 2 aromatic carbocycles. The summed E-state index contributed by atoms with van der Waals surface area (Å²) < 4.78 is 14.6. The largest absolute Gasteiger partial charge is 0.322 e. The van der Waals surface area contributed by atoms with Crippen LogP contribution in [-0.4, -0.2) is 5.91 Å². The van der Waals surface area contributed by atoms with Gasteiger partial charge in [0.25, 0.3) is 5.91 Å². The minimum absolute atomic E-state index is 0.236. The van der Waals surface area contributed by atoms with Crippen LogP contribution in [0.5, 0.6) is 0 Å². The third-order valence-corrected chi connectivity index (χ3v) is 3.89. The quantitative estimate of drug-likeness (QED) is 0.657. The Morgan fingerprint density at radius 1 is 1.06 bits per heavy atom. The predicted molar refractivity (Wildman–Crippen MR) is 86.2 cm³/mol. The summed E-state index contributed by atoms with van der Waals surface area (Å²) in [5.74, 6) is -0.578. The monoisotopic (exact) mass is 467 g/mol. The van der Waals surface area contributed by atoms with E-state index in [0.717, 1.165) is 9.26 Å². The van der Waals surface area contributed by atoms with Gasteiger partial charge >= 0.3 is 0 Å². The highest BCUT2D eigenvalue weighted by atomic mass is 127. The molecule has 18 heavy (non-hydrogen) atoms. The van der Waals surface area contributed by atoms with Crippen LogP contribution in [0.15, 0.2) is 42.5 Å². The molecule has 0 aliphatic rings. The van der Waals surface area contributed by atoms with Gasteiger partial charge in [0.2, 0.25) is 0 Å². The average molecular weight is 467 g/mol. The standard InChI is InChI=1S/C13H8FI2NO/c14-8-1-6-11(12(16)7-8)13(18)17-10-4-2-9(15)3-5-10/h1-7H,(H,17,18). The van der Waals surface area contributed by atoms with Gasteiger partial charge in [-0.3, -0.25) is 4.79 Å². The van der Waals surface area contributed by atoms with Crippen molar-refractivity contribution in [1.29, 1.82) is 0 Å². The second kappa shape index (κ2) is 5.96. The number of carbonyl (C=O) groups excluding carboxylic acids is 1. The Labute approximate surface area is 131 Å². The first-order chi connectivity index (χ1) is 8.56. The van der Waals surface area contributed by atoms with Gasteiger partial charge in [-0.1, -0.05) is 0 Å². The Bertz CT molecular complexity index is 584. The summed E-state index contributed by atoms with van der Waals surface area (Å²) >= 11 is 4.14. The number of amides is 1. The minimum atomic E-state index is -0.342. The van der Waals surface area contributed by atoms with Crippen molar-refractivity contribution < 1.29 is 9.18 Å². The summed E-state index contributed by atoms with van der Waals surface area (Å²) in [6.07, 6.45) is 0. The van der Waals surface area contributed by atoms with Crippen LogP contribution in [0.25, 0.3) is 0 Å². The van der Waals surface area contributed by atoms with Gasteiger partial charge in [-0.2, -0.15) is 0 Å². The smallest absolute Gasteiger partial charge is 0.256 e. The number of carbonyl (C=O) groups is 1.